The van der Waals surface area contributed by atoms with Gasteiger partial charge in [-0.1, -0.05) is 11.6 Å². The van der Waals surface area contributed by atoms with Crippen LogP contribution in [0.15, 0.2) is 18.2 Å². The molecule has 0 spiro atoms. The van der Waals surface area contributed by atoms with Gasteiger partial charge in [-0.3, -0.25) is 0 Å². The summed E-state index contributed by atoms with van der Waals surface area (Å²) in [7, 11) is 0. The predicted molar refractivity (Wildman–Crippen MR) is 56.2 cm³/mol. The van der Waals surface area contributed by atoms with Gasteiger partial charge in [-0.05, 0) is 32.0 Å². The van der Waals surface area contributed by atoms with E-state index in [0.717, 1.165) is 0 Å². The van der Waals surface area contributed by atoms with E-state index in [1.54, 1.807) is 19.9 Å². The number of aliphatic hydroxyl groups is 1. The lowest BCUT2D eigenvalue weighted by atomic mass is 10.1. The predicted octanol–water partition coefficient (Wildman–Crippen LogP) is 2.66. The summed E-state index contributed by atoms with van der Waals surface area (Å²) in [5.41, 5.74) is -0.268. The monoisotopic (exact) mass is 217 g/mol. The molecule has 1 rings (SSSR count). The highest BCUT2D eigenvalue weighted by molar-refractivity contribution is 6.30. The summed E-state index contributed by atoms with van der Waals surface area (Å²) in [6.45, 7) is 3.68. The van der Waals surface area contributed by atoms with Crippen LogP contribution in [0.4, 0.5) is 10.1 Å². The third kappa shape index (κ3) is 3.94. The van der Waals surface area contributed by atoms with Crippen molar-refractivity contribution in [1.82, 2.24) is 0 Å². The first-order valence-electron chi connectivity index (χ1n) is 4.29. The van der Waals surface area contributed by atoms with Crippen LogP contribution in [0.5, 0.6) is 0 Å². The van der Waals surface area contributed by atoms with Crippen molar-refractivity contribution in [1.29, 1.82) is 0 Å². The van der Waals surface area contributed by atoms with Gasteiger partial charge in [0.05, 0.1) is 5.60 Å². The van der Waals surface area contributed by atoms with Gasteiger partial charge in [0.15, 0.2) is 0 Å². The van der Waals surface area contributed by atoms with Gasteiger partial charge in [0.25, 0.3) is 0 Å². The average molecular weight is 218 g/mol. The van der Waals surface area contributed by atoms with Crippen LogP contribution in [-0.2, 0) is 0 Å². The quantitative estimate of drug-likeness (QED) is 0.816. The highest BCUT2D eigenvalue weighted by atomic mass is 35.5. The zero-order valence-electron chi connectivity index (χ0n) is 8.14. The third-order valence-electron chi connectivity index (χ3n) is 1.59. The summed E-state index contributed by atoms with van der Waals surface area (Å²) in [5.74, 6) is -0.393. The van der Waals surface area contributed by atoms with Crippen molar-refractivity contribution in [3.05, 3.63) is 29.0 Å². The Balaban J connectivity index is 2.68. The van der Waals surface area contributed by atoms with Crippen molar-refractivity contribution in [2.45, 2.75) is 19.4 Å². The van der Waals surface area contributed by atoms with Crippen LogP contribution in [0.2, 0.25) is 5.02 Å². The molecule has 0 aliphatic rings. The summed E-state index contributed by atoms with van der Waals surface area (Å²) < 4.78 is 12.9. The summed E-state index contributed by atoms with van der Waals surface area (Å²) in [4.78, 5) is 0. The maximum atomic E-state index is 12.9. The number of benzene rings is 1. The second kappa shape index (κ2) is 4.15. The second-order valence-corrected chi connectivity index (χ2v) is 4.26. The highest BCUT2D eigenvalue weighted by Crippen LogP contribution is 2.18. The van der Waals surface area contributed by atoms with E-state index in [-0.39, 0.29) is 0 Å². The van der Waals surface area contributed by atoms with Gasteiger partial charge in [0.1, 0.15) is 5.82 Å². The number of hydrogen-bond acceptors (Lipinski definition) is 2. The van der Waals surface area contributed by atoms with E-state index < -0.39 is 11.4 Å². The Hall–Kier alpha value is -0.800. The number of rotatable bonds is 3. The maximum Gasteiger partial charge on any atom is 0.126 e. The number of anilines is 1. The van der Waals surface area contributed by atoms with Crippen LogP contribution in [0.3, 0.4) is 0 Å². The van der Waals surface area contributed by atoms with Gasteiger partial charge in [-0.2, -0.15) is 0 Å². The lowest BCUT2D eigenvalue weighted by molar-refractivity contribution is 0.0945. The maximum absolute atomic E-state index is 12.9. The van der Waals surface area contributed by atoms with Gasteiger partial charge in [0, 0.05) is 17.3 Å². The number of halogens is 2. The molecule has 78 valence electrons. The fraction of sp³-hybridized carbons (Fsp3) is 0.400. The molecule has 0 unspecified atom stereocenters. The van der Waals surface area contributed by atoms with E-state index in [9.17, 15) is 9.50 Å². The van der Waals surface area contributed by atoms with Gasteiger partial charge in [-0.25, -0.2) is 4.39 Å². The van der Waals surface area contributed by atoms with Gasteiger partial charge in [-0.15, -0.1) is 0 Å². The second-order valence-electron chi connectivity index (χ2n) is 3.82. The number of hydrogen-bond donors (Lipinski definition) is 2. The lowest BCUT2D eigenvalue weighted by Crippen LogP contribution is -2.29. The van der Waals surface area contributed by atoms with Gasteiger partial charge >= 0.3 is 0 Å². The molecule has 0 amide bonds. The molecule has 4 heteroatoms. The zero-order valence-corrected chi connectivity index (χ0v) is 8.90. The Morgan fingerprint density at radius 3 is 2.57 bits per heavy atom. The molecule has 1 aromatic rings. The lowest BCUT2D eigenvalue weighted by Gasteiger charge is -2.18. The van der Waals surface area contributed by atoms with E-state index in [0.29, 0.717) is 17.3 Å². The Morgan fingerprint density at radius 2 is 2.07 bits per heavy atom. The molecule has 0 aliphatic heterocycles. The topological polar surface area (TPSA) is 32.3 Å². The molecule has 2 nitrogen and oxygen atoms in total. The SMILES string of the molecule is CC(C)(O)CNc1cc(F)cc(Cl)c1. The third-order valence-corrected chi connectivity index (χ3v) is 1.81. The first-order chi connectivity index (χ1) is 6.37. The standard InChI is InChI=1S/C10H13ClFNO/c1-10(2,14)6-13-9-4-7(11)3-8(12)5-9/h3-5,13-14H,6H2,1-2H3. The fourth-order valence-electron chi connectivity index (χ4n) is 0.974. The first kappa shape index (κ1) is 11.3. The molecular formula is C10H13ClFNO. The van der Waals surface area contributed by atoms with Crippen molar-refractivity contribution >= 4 is 17.3 Å². The van der Waals surface area contributed by atoms with Crippen LogP contribution in [0, 0.1) is 5.82 Å². The normalized spacial score (nSPS) is 11.5. The summed E-state index contributed by atoms with van der Waals surface area (Å²) >= 11 is 5.66. The van der Waals surface area contributed by atoms with E-state index in [2.05, 4.69) is 5.32 Å². The van der Waals surface area contributed by atoms with Crippen LogP contribution in [-0.4, -0.2) is 17.3 Å². The largest absolute Gasteiger partial charge is 0.389 e. The highest BCUT2D eigenvalue weighted by Gasteiger charge is 2.11. The Kier molecular flexibility index (Phi) is 3.34. The van der Waals surface area contributed by atoms with Crippen LogP contribution < -0.4 is 5.32 Å². The molecule has 0 bridgehead atoms. The summed E-state index contributed by atoms with van der Waals surface area (Å²) in [6, 6.07) is 4.17. The summed E-state index contributed by atoms with van der Waals surface area (Å²) in [6.07, 6.45) is 0. The molecule has 2 N–H and O–H groups in total. The Bertz CT molecular complexity index is 302. The molecule has 0 heterocycles. The van der Waals surface area contributed by atoms with Crippen LogP contribution in [0.1, 0.15) is 13.8 Å². The van der Waals surface area contributed by atoms with Crippen LogP contribution >= 0.6 is 11.6 Å². The van der Waals surface area contributed by atoms with Crippen molar-refractivity contribution in [2.24, 2.45) is 0 Å². The van der Waals surface area contributed by atoms with Crippen molar-refractivity contribution in [3.8, 4) is 0 Å². The fourth-order valence-corrected chi connectivity index (χ4v) is 1.20. The van der Waals surface area contributed by atoms with Crippen molar-refractivity contribution in [3.63, 3.8) is 0 Å². The minimum atomic E-state index is -0.835. The van der Waals surface area contributed by atoms with Crippen molar-refractivity contribution in [2.75, 3.05) is 11.9 Å². The number of nitrogens with one attached hydrogen (secondary N) is 1. The van der Waals surface area contributed by atoms with Gasteiger partial charge in [0.2, 0.25) is 0 Å². The van der Waals surface area contributed by atoms with E-state index in [4.69, 9.17) is 11.6 Å². The molecule has 0 atom stereocenters. The molecule has 0 saturated carbocycles. The van der Waals surface area contributed by atoms with Gasteiger partial charge < -0.3 is 10.4 Å². The average Bonchev–Trinajstić information content (AvgIpc) is 1.97. The molecule has 0 aromatic heterocycles. The molecular weight excluding hydrogens is 205 g/mol. The van der Waals surface area contributed by atoms with Crippen molar-refractivity contribution < 1.29 is 9.50 Å². The molecule has 0 aliphatic carbocycles. The zero-order chi connectivity index (χ0) is 10.8. The molecule has 0 fully saturated rings. The van der Waals surface area contributed by atoms with E-state index in [1.807, 2.05) is 0 Å². The molecule has 1 aromatic carbocycles. The molecule has 14 heavy (non-hydrogen) atoms. The summed E-state index contributed by atoms with van der Waals surface area (Å²) in [5, 5.41) is 12.7. The Morgan fingerprint density at radius 1 is 1.43 bits per heavy atom. The Labute approximate surface area is 87.7 Å². The smallest absolute Gasteiger partial charge is 0.126 e. The molecule has 0 radical (unpaired) electrons. The van der Waals surface area contributed by atoms with E-state index in [1.165, 1.54) is 12.1 Å². The van der Waals surface area contributed by atoms with Crippen LogP contribution in [0.25, 0.3) is 0 Å². The minimum absolute atomic E-state index is 0.336. The minimum Gasteiger partial charge on any atom is -0.389 e. The molecule has 0 saturated heterocycles. The first-order valence-corrected chi connectivity index (χ1v) is 4.67. The van der Waals surface area contributed by atoms with E-state index >= 15 is 0 Å².